The van der Waals surface area contributed by atoms with Crippen LogP contribution < -0.4 is 0 Å². The fourth-order valence-electron chi connectivity index (χ4n) is 6.87. The summed E-state index contributed by atoms with van der Waals surface area (Å²) in [5.74, 6) is 1.15. The molecule has 0 atom stereocenters. The van der Waals surface area contributed by atoms with E-state index < -0.39 is 48.3 Å². The first-order chi connectivity index (χ1) is 32.3. The maximum Gasteiger partial charge on any atom is 0.164 e. The van der Waals surface area contributed by atoms with Crippen molar-refractivity contribution in [2.24, 2.45) is 0 Å². The lowest BCUT2D eigenvalue weighted by Crippen LogP contribution is -2.02. The van der Waals surface area contributed by atoms with Gasteiger partial charge in [0.05, 0.1) is 33.2 Å². The molecule has 0 spiro atoms. The van der Waals surface area contributed by atoms with Gasteiger partial charge in [-0.25, -0.2) is 15.0 Å². The molecule has 0 aliphatic rings. The summed E-state index contributed by atoms with van der Waals surface area (Å²) in [5.41, 5.74) is 4.82. The van der Waals surface area contributed by atoms with Crippen LogP contribution in [-0.4, -0.2) is 19.5 Å². The summed E-state index contributed by atoms with van der Waals surface area (Å²) in [6, 6.07) is 34.9. The van der Waals surface area contributed by atoms with Crippen LogP contribution in [0, 0.1) is 0 Å². The van der Waals surface area contributed by atoms with Crippen LogP contribution in [0.1, 0.15) is 16.4 Å². The predicted octanol–water partition coefficient (Wildman–Crippen LogP) is 13.0. The molecule has 2 aromatic heterocycles. The number of nitrogens with zero attached hydrogens (tertiary/aromatic N) is 4. The summed E-state index contributed by atoms with van der Waals surface area (Å²) in [7, 11) is 0. The molecule has 0 saturated heterocycles. The lowest BCUT2D eigenvalue weighted by molar-refractivity contribution is 1.07. The normalized spacial score (nSPS) is 14.3. The molecule has 0 aliphatic carbocycles. The Labute approximate surface area is 336 Å². The van der Waals surface area contributed by atoms with Crippen LogP contribution in [0.25, 0.3) is 95.0 Å². The highest BCUT2D eigenvalue weighted by atomic mass is 15.0. The van der Waals surface area contributed by atoms with Gasteiger partial charge in [0.2, 0.25) is 0 Å². The minimum Gasteiger partial charge on any atom is -0.308 e. The third-order valence-electron chi connectivity index (χ3n) is 9.46. The van der Waals surface area contributed by atoms with E-state index in [4.69, 9.17) is 25.9 Å². The van der Waals surface area contributed by atoms with E-state index in [-0.39, 0.29) is 57.1 Å². The Morgan fingerprint density at radius 1 is 0.364 bits per heavy atom. The average molecular weight is 715 g/mol. The zero-order valence-corrected chi connectivity index (χ0v) is 29.0. The number of para-hydroxylation sites is 2. The van der Waals surface area contributed by atoms with Gasteiger partial charge in [0, 0.05) is 38.6 Å². The molecule has 0 N–H and O–H groups in total. The molecule has 4 nitrogen and oxygen atoms in total. The third kappa shape index (κ3) is 5.96. The maximum absolute atomic E-state index is 9.40. The van der Waals surface area contributed by atoms with Gasteiger partial charge in [-0.2, -0.15) is 0 Å². The third-order valence-corrected chi connectivity index (χ3v) is 9.46. The van der Waals surface area contributed by atoms with Crippen LogP contribution in [0.4, 0.5) is 0 Å². The number of benzene rings is 8. The van der Waals surface area contributed by atoms with E-state index in [1.807, 2.05) is 66.7 Å². The quantitative estimate of drug-likeness (QED) is 0.165. The van der Waals surface area contributed by atoms with Crippen molar-refractivity contribution in [3.05, 3.63) is 206 Å². The number of aromatic nitrogens is 4. The van der Waals surface area contributed by atoms with Gasteiger partial charge < -0.3 is 4.57 Å². The van der Waals surface area contributed by atoms with E-state index in [0.29, 0.717) is 51.0 Å². The molecule has 0 amide bonds. The molecule has 4 heteroatoms. The van der Waals surface area contributed by atoms with Crippen LogP contribution in [0.3, 0.4) is 0 Å². The number of hydrogen-bond donors (Lipinski definition) is 0. The highest BCUT2D eigenvalue weighted by molar-refractivity contribution is 6.14. The molecule has 0 fully saturated rings. The molecule has 0 bridgehead atoms. The Kier molecular flexibility index (Phi) is 5.52. The van der Waals surface area contributed by atoms with Crippen molar-refractivity contribution in [2.45, 2.75) is 0 Å². The molecule has 10 rings (SSSR count). The Morgan fingerprint density at radius 3 is 1.53 bits per heavy atom. The van der Waals surface area contributed by atoms with E-state index in [1.165, 1.54) is 0 Å². The van der Waals surface area contributed by atoms with Crippen molar-refractivity contribution in [3.8, 4) is 73.2 Å². The van der Waals surface area contributed by atoms with Gasteiger partial charge in [-0.1, -0.05) is 182 Å². The molecular weight excluding hydrogens is 669 g/mol. The Hall–Kier alpha value is -7.43. The van der Waals surface area contributed by atoms with Crippen LogP contribution in [0.5, 0.6) is 0 Å². The van der Waals surface area contributed by atoms with Crippen molar-refractivity contribution in [3.63, 3.8) is 0 Å². The van der Waals surface area contributed by atoms with Gasteiger partial charge in [0.15, 0.2) is 17.5 Å². The highest BCUT2D eigenvalue weighted by Gasteiger charge is 2.21. The summed E-state index contributed by atoms with van der Waals surface area (Å²) in [6.45, 7) is 0. The van der Waals surface area contributed by atoms with Gasteiger partial charge in [-0.05, 0) is 46.5 Å². The van der Waals surface area contributed by atoms with E-state index in [9.17, 15) is 5.48 Å². The minimum atomic E-state index is -0.518. The van der Waals surface area contributed by atoms with Crippen LogP contribution in [0.15, 0.2) is 206 Å². The van der Waals surface area contributed by atoms with E-state index in [2.05, 4.69) is 0 Å². The fourth-order valence-corrected chi connectivity index (χ4v) is 6.87. The Bertz CT molecular complexity index is 3550. The molecule has 258 valence electrons. The maximum atomic E-state index is 9.40. The average Bonchev–Trinajstić information content (AvgIpc) is 3.72. The minimum absolute atomic E-state index is 0.0146. The van der Waals surface area contributed by atoms with Crippen molar-refractivity contribution >= 4 is 21.8 Å². The summed E-state index contributed by atoms with van der Waals surface area (Å²) in [4.78, 5) is 14.8. The van der Waals surface area contributed by atoms with Gasteiger partial charge in [0.25, 0.3) is 0 Å². The number of rotatable bonds is 7. The molecule has 0 saturated carbocycles. The second-order valence-electron chi connectivity index (χ2n) is 12.7. The van der Waals surface area contributed by atoms with E-state index >= 15 is 0 Å². The van der Waals surface area contributed by atoms with Gasteiger partial charge >= 0.3 is 0 Å². The van der Waals surface area contributed by atoms with Gasteiger partial charge in [-0.3, -0.25) is 0 Å². The predicted molar refractivity (Wildman–Crippen MR) is 227 cm³/mol. The number of hydrogen-bond acceptors (Lipinski definition) is 3. The Morgan fingerprint density at radius 2 is 0.873 bits per heavy atom. The van der Waals surface area contributed by atoms with Crippen LogP contribution in [0.2, 0.25) is 0 Å². The first kappa shape index (κ1) is 21.9. The summed E-state index contributed by atoms with van der Waals surface area (Å²) < 4.78 is 108. The first-order valence-electron chi connectivity index (χ1n) is 23.6. The summed E-state index contributed by atoms with van der Waals surface area (Å²) in [5, 5.41) is 0.0894. The molecular formula is C51H34N4. The molecule has 0 unspecified atom stereocenters. The topological polar surface area (TPSA) is 43.6 Å². The summed E-state index contributed by atoms with van der Waals surface area (Å²) >= 11 is 0. The first-order valence-corrected chi connectivity index (χ1v) is 17.6. The van der Waals surface area contributed by atoms with Crippen molar-refractivity contribution in [1.82, 2.24) is 19.5 Å². The van der Waals surface area contributed by atoms with E-state index in [0.717, 1.165) is 11.1 Å². The molecule has 0 radical (unpaired) electrons. The van der Waals surface area contributed by atoms with Crippen molar-refractivity contribution < 1.29 is 16.4 Å². The molecule has 0 aliphatic heterocycles. The zero-order valence-electron chi connectivity index (χ0n) is 41.0. The lowest BCUT2D eigenvalue weighted by atomic mass is 9.97. The second-order valence-corrected chi connectivity index (χ2v) is 12.7. The molecule has 8 aromatic carbocycles. The SMILES string of the molecule is [2H]c1c([2H])c([2H])c(-c2ccc(-c3cc(-c4nc(-c5ccccc5)nc(-c5ccccc5)n4)ccc3-n3c4c([2H])c([2H])c([2H])c([2H])c4c4c([2H])c([2H])c([2H])c(-c5ccccc5)c43)cc2)c([2H])c1[2H]. The highest BCUT2D eigenvalue weighted by Crippen LogP contribution is 2.42. The lowest BCUT2D eigenvalue weighted by Gasteiger charge is -2.18. The number of fused-ring (bicyclic) bond motifs is 3. The molecule has 2 heterocycles. The summed E-state index contributed by atoms with van der Waals surface area (Å²) in [6.07, 6.45) is 0. The Balaban J connectivity index is 1.33. The second kappa shape index (κ2) is 13.8. The standard InChI is InChI=1S/C51H34N4/c1-5-16-35(17-6-1)36-28-30-38(31-29-36)45-34-41(51-53-49(39-20-9-3-10-21-39)52-50(54-51)40-22-11-4-12-23-40)32-33-47(45)55-46-27-14-13-24-43(46)44-26-15-25-42(48(44)55)37-18-7-2-8-19-37/h1-34H/i1D,5D,6D,13D,14D,15D,16D,17D,24D,25D,26D,27D. The molecule has 55 heavy (non-hydrogen) atoms. The van der Waals surface area contributed by atoms with Gasteiger partial charge in [-0.15, -0.1) is 0 Å². The van der Waals surface area contributed by atoms with Crippen LogP contribution >= 0.6 is 0 Å². The van der Waals surface area contributed by atoms with Gasteiger partial charge in [0.1, 0.15) is 0 Å². The van der Waals surface area contributed by atoms with E-state index in [1.54, 1.807) is 71.3 Å². The monoisotopic (exact) mass is 714 g/mol. The smallest absolute Gasteiger partial charge is 0.164 e. The fraction of sp³-hybridized carbons (Fsp3) is 0. The van der Waals surface area contributed by atoms with Crippen molar-refractivity contribution in [1.29, 1.82) is 0 Å². The zero-order chi connectivity index (χ0) is 47.0. The van der Waals surface area contributed by atoms with Crippen LogP contribution in [-0.2, 0) is 0 Å². The molecule has 10 aromatic rings. The largest absolute Gasteiger partial charge is 0.308 e. The van der Waals surface area contributed by atoms with Crippen molar-refractivity contribution in [2.75, 3.05) is 0 Å².